The molecule has 3 N–H and O–H groups in total. The van der Waals surface area contributed by atoms with E-state index in [0.29, 0.717) is 11.6 Å². The average Bonchev–Trinajstić information content (AvgIpc) is 2.81. The number of nitrogens with zero attached hydrogens (tertiary/aromatic N) is 2. The summed E-state index contributed by atoms with van der Waals surface area (Å²) in [6, 6.07) is 3.66. The highest BCUT2D eigenvalue weighted by molar-refractivity contribution is 7.09. The minimum absolute atomic E-state index is 0.362. The summed E-state index contributed by atoms with van der Waals surface area (Å²) < 4.78 is 0. The van der Waals surface area contributed by atoms with Gasteiger partial charge in [-0.25, -0.2) is 9.97 Å². The Balaban J connectivity index is 1.95. The third kappa shape index (κ3) is 2.49. The van der Waals surface area contributed by atoms with E-state index in [4.69, 9.17) is 5.73 Å². The van der Waals surface area contributed by atoms with Crippen LogP contribution < -0.4 is 11.1 Å². The lowest BCUT2D eigenvalue weighted by Crippen LogP contribution is -2.11. The van der Waals surface area contributed by atoms with Crippen molar-refractivity contribution in [2.75, 3.05) is 17.6 Å². The molecule has 0 fully saturated rings. The minimum Gasteiger partial charge on any atom is -0.396 e. The van der Waals surface area contributed by atoms with Gasteiger partial charge in [-0.2, -0.15) is 0 Å². The Morgan fingerprint density at radius 1 is 1.44 bits per heavy atom. The van der Waals surface area contributed by atoms with E-state index < -0.39 is 0 Å². The molecule has 0 aromatic carbocycles. The van der Waals surface area contributed by atoms with E-state index in [1.807, 2.05) is 23.7 Å². The molecule has 0 aliphatic carbocycles. The van der Waals surface area contributed by atoms with Crippen molar-refractivity contribution >= 4 is 22.8 Å². The summed E-state index contributed by atoms with van der Waals surface area (Å²) >= 11 is 1.67. The Bertz CT molecular complexity index is 441. The smallest absolute Gasteiger partial charge is 0.149 e. The number of anilines is 2. The van der Waals surface area contributed by atoms with Crippen molar-refractivity contribution in [3.63, 3.8) is 0 Å². The standard InChI is InChI=1S/C11H14N4S/c1-8(11-14-5-6-16-11)7-15-10-9(12)3-2-4-13-10/h2-6,8H,7,12H2,1H3,(H,13,15). The van der Waals surface area contributed by atoms with Gasteiger partial charge in [0.2, 0.25) is 0 Å². The van der Waals surface area contributed by atoms with Crippen LogP contribution in [0.2, 0.25) is 0 Å². The molecule has 0 aliphatic rings. The predicted octanol–water partition coefficient (Wildman–Crippen LogP) is 2.34. The zero-order valence-corrected chi connectivity index (χ0v) is 9.87. The van der Waals surface area contributed by atoms with Crippen LogP contribution in [0.15, 0.2) is 29.9 Å². The second kappa shape index (κ2) is 4.94. The normalized spacial score (nSPS) is 12.3. The quantitative estimate of drug-likeness (QED) is 0.852. The van der Waals surface area contributed by atoms with Gasteiger partial charge in [0.05, 0.1) is 10.7 Å². The Morgan fingerprint density at radius 2 is 2.31 bits per heavy atom. The second-order valence-electron chi connectivity index (χ2n) is 3.59. The number of hydrogen-bond donors (Lipinski definition) is 2. The molecule has 2 aromatic heterocycles. The summed E-state index contributed by atoms with van der Waals surface area (Å²) in [5.74, 6) is 1.10. The van der Waals surface area contributed by atoms with E-state index in [1.165, 1.54) is 0 Å². The zero-order chi connectivity index (χ0) is 11.4. The molecule has 4 nitrogen and oxygen atoms in total. The van der Waals surface area contributed by atoms with E-state index in [1.54, 1.807) is 17.5 Å². The van der Waals surface area contributed by atoms with Crippen molar-refractivity contribution in [2.45, 2.75) is 12.8 Å². The number of pyridine rings is 1. The first kappa shape index (κ1) is 10.9. The van der Waals surface area contributed by atoms with Crippen LogP contribution in [0.25, 0.3) is 0 Å². The molecule has 2 aromatic rings. The average molecular weight is 234 g/mol. The van der Waals surface area contributed by atoms with Gasteiger partial charge in [0, 0.05) is 30.2 Å². The van der Waals surface area contributed by atoms with Crippen molar-refractivity contribution < 1.29 is 0 Å². The maximum absolute atomic E-state index is 5.79. The molecular weight excluding hydrogens is 220 g/mol. The zero-order valence-electron chi connectivity index (χ0n) is 9.05. The Kier molecular flexibility index (Phi) is 3.36. The highest BCUT2D eigenvalue weighted by Crippen LogP contribution is 2.19. The Labute approximate surface area is 98.6 Å². The number of nitrogens with two attached hydrogens (primary N) is 1. The van der Waals surface area contributed by atoms with E-state index in [-0.39, 0.29) is 0 Å². The van der Waals surface area contributed by atoms with Crippen molar-refractivity contribution in [3.8, 4) is 0 Å². The highest BCUT2D eigenvalue weighted by atomic mass is 32.1. The maximum Gasteiger partial charge on any atom is 0.149 e. The first-order valence-corrected chi connectivity index (χ1v) is 5.99. The lowest BCUT2D eigenvalue weighted by molar-refractivity contribution is 0.792. The molecule has 16 heavy (non-hydrogen) atoms. The first-order valence-electron chi connectivity index (χ1n) is 5.11. The van der Waals surface area contributed by atoms with Crippen molar-refractivity contribution in [1.29, 1.82) is 0 Å². The largest absolute Gasteiger partial charge is 0.396 e. The molecule has 2 heterocycles. The Morgan fingerprint density at radius 3 is 3.00 bits per heavy atom. The minimum atomic E-state index is 0.362. The molecule has 0 radical (unpaired) electrons. The molecule has 1 atom stereocenters. The lowest BCUT2D eigenvalue weighted by Gasteiger charge is -2.11. The van der Waals surface area contributed by atoms with Crippen LogP contribution in [-0.2, 0) is 0 Å². The van der Waals surface area contributed by atoms with Crippen LogP contribution in [0, 0.1) is 0 Å². The summed E-state index contributed by atoms with van der Waals surface area (Å²) in [5.41, 5.74) is 6.46. The molecule has 0 amide bonds. The van der Waals surface area contributed by atoms with Crippen LogP contribution in [0.3, 0.4) is 0 Å². The summed E-state index contributed by atoms with van der Waals surface area (Å²) in [4.78, 5) is 8.46. The van der Waals surface area contributed by atoms with E-state index >= 15 is 0 Å². The number of thiazole rings is 1. The monoisotopic (exact) mass is 234 g/mol. The van der Waals surface area contributed by atoms with E-state index in [2.05, 4.69) is 22.2 Å². The molecule has 5 heteroatoms. The van der Waals surface area contributed by atoms with Gasteiger partial charge in [0.1, 0.15) is 5.82 Å². The Hall–Kier alpha value is -1.62. The molecular formula is C11H14N4S. The van der Waals surface area contributed by atoms with Gasteiger partial charge in [0.15, 0.2) is 0 Å². The highest BCUT2D eigenvalue weighted by Gasteiger charge is 2.08. The molecule has 0 bridgehead atoms. The number of nitrogens with one attached hydrogen (secondary N) is 1. The van der Waals surface area contributed by atoms with Gasteiger partial charge < -0.3 is 11.1 Å². The molecule has 84 valence electrons. The van der Waals surface area contributed by atoms with Crippen LogP contribution in [0.1, 0.15) is 17.8 Å². The lowest BCUT2D eigenvalue weighted by atomic mass is 10.2. The number of rotatable bonds is 4. The molecule has 2 rings (SSSR count). The molecule has 0 aliphatic heterocycles. The van der Waals surface area contributed by atoms with Crippen LogP contribution in [0.5, 0.6) is 0 Å². The van der Waals surface area contributed by atoms with Crippen LogP contribution >= 0.6 is 11.3 Å². The SMILES string of the molecule is CC(CNc1ncccc1N)c1nccs1. The number of hydrogen-bond acceptors (Lipinski definition) is 5. The summed E-state index contributed by atoms with van der Waals surface area (Å²) in [5, 5.41) is 6.35. The third-order valence-electron chi connectivity index (χ3n) is 2.29. The fourth-order valence-electron chi connectivity index (χ4n) is 1.38. The van der Waals surface area contributed by atoms with Crippen molar-refractivity contribution in [2.24, 2.45) is 0 Å². The van der Waals surface area contributed by atoms with Gasteiger partial charge in [-0.3, -0.25) is 0 Å². The first-order chi connectivity index (χ1) is 7.77. The van der Waals surface area contributed by atoms with Gasteiger partial charge >= 0.3 is 0 Å². The van der Waals surface area contributed by atoms with Gasteiger partial charge in [-0.1, -0.05) is 6.92 Å². The number of nitrogen functional groups attached to an aromatic ring is 1. The number of aromatic nitrogens is 2. The fourth-order valence-corrected chi connectivity index (χ4v) is 2.08. The molecule has 1 unspecified atom stereocenters. The molecule has 0 saturated carbocycles. The third-order valence-corrected chi connectivity index (χ3v) is 3.29. The van der Waals surface area contributed by atoms with E-state index in [9.17, 15) is 0 Å². The topological polar surface area (TPSA) is 63.8 Å². The van der Waals surface area contributed by atoms with E-state index in [0.717, 1.165) is 17.4 Å². The molecule has 0 saturated heterocycles. The summed E-state index contributed by atoms with van der Waals surface area (Å²) in [7, 11) is 0. The summed E-state index contributed by atoms with van der Waals surface area (Å²) in [6.45, 7) is 2.92. The van der Waals surface area contributed by atoms with Gasteiger partial charge in [0.25, 0.3) is 0 Å². The van der Waals surface area contributed by atoms with Crippen LogP contribution in [-0.4, -0.2) is 16.5 Å². The van der Waals surface area contributed by atoms with Gasteiger partial charge in [-0.05, 0) is 12.1 Å². The predicted molar refractivity (Wildman–Crippen MR) is 67.7 cm³/mol. The fraction of sp³-hybridized carbons (Fsp3) is 0.273. The van der Waals surface area contributed by atoms with Gasteiger partial charge in [-0.15, -0.1) is 11.3 Å². The van der Waals surface area contributed by atoms with Crippen molar-refractivity contribution in [1.82, 2.24) is 9.97 Å². The molecule has 0 spiro atoms. The maximum atomic E-state index is 5.79. The second-order valence-corrected chi connectivity index (χ2v) is 4.52. The summed E-state index contributed by atoms with van der Waals surface area (Å²) in [6.07, 6.45) is 3.55. The van der Waals surface area contributed by atoms with Crippen LogP contribution in [0.4, 0.5) is 11.5 Å². The van der Waals surface area contributed by atoms with Crippen molar-refractivity contribution in [3.05, 3.63) is 34.9 Å².